The summed E-state index contributed by atoms with van der Waals surface area (Å²) in [6.07, 6.45) is 0. The van der Waals surface area contributed by atoms with E-state index in [1.807, 2.05) is 30.3 Å². The molecule has 1 rings (SSSR count). The van der Waals surface area contributed by atoms with Crippen LogP contribution < -0.4 is 0 Å². The third-order valence-corrected chi connectivity index (χ3v) is 3.25. The maximum Gasteiger partial charge on any atom is 0.141 e. The third kappa shape index (κ3) is 3.88. The number of thioether (sulfide) groups is 1. The molecule has 0 atom stereocenters. The molecule has 0 aliphatic carbocycles. The average molecular weight is 222 g/mol. The monoisotopic (exact) mass is 222 g/mol. The molecule has 15 heavy (non-hydrogen) atoms. The molecule has 0 bridgehead atoms. The Morgan fingerprint density at radius 2 is 1.67 bits per heavy atom. The molecule has 0 amide bonds. The second-order valence-corrected chi connectivity index (χ2v) is 4.49. The van der Waals surface area contributed by atoms with Crippen LogP contribution in [0.15, 0.2) is 35.2 Å². The van der Waals surface area contributed by atoms with Crippen LogP contribution >= 0.6 is 11.8 Å². The van der Waals surface area contributed by atoms with E-state index in [0.29, 0.717) is 5.75 Å². The average Bonchev–Trinajstić information content (AvgIpc) is 2.18. The van der Waals surface area contributed by atoms with Gasteiger partial charge in [0.05, 0.1) is 5.92 Å². The normalized spacial score (nSPS) is 10.3. The zero-order valence-electron chi connectivity index (χ0n) is 8.90. The van der Waals surface area contributed by atoms with Crippen molar-refractivity contribution < 1.29 is 9.59 Å². The topological polar surface area (TPSA) is 34.1 Å². The molecule has 0 saturated heterocycles. The Kier molecular flexibility index (Phi) is 4.56. The van der Waals surface area contributed by atoms with Crippen LogP contribution in [0, 0.1) is 5.92 Å². The van der Waals surface area contributed by atoms with Crippen molar-refractivity contribution in [1.82, 2.24) is 0 Å². The lowest BCUT2D eigenvalue weighted by Crippen LogP contribution is -2.21. The summed E-state index contributed by atoms with van der Waals surface area (Å²) in [4.78, 5) is 23.4. The lowest BCUT2D eigenvalue weighted by Gasteiger charge is -2.09. The summed E-state index contributed by atoms with van der Waals surface area (Å²) in [5.74, 6) is -0.0265. The number of hydrogen-bond donors (Lipinski definition) is 0. The molecule has 0 N–H and O–H groups in total. The molecule has 3 heteroatoms. The van der Waals surface area contributed by atoms with Gasteiger partial charge < -0.3 is 0 Å². The highest BCUT2D eigenvalue weighted by Gasteiger charge is 2.19. The number of rotatable bonds is 5. The molecule has 1 aromatic carbocycles. The molecule has 1 aromatic rings. The van der Waals surface area contributed by atoms with E-state index in [2.05, 4.69) is 0 Å². The van der Waals surface area contributed by atoms with Gasteiger partial charge in [-0.3, -0.25) is 9.59 Å². The zero-order chi connectivity index (χ0) is 11.3. The van der Waals surface area contributed by atoms with Gasteiger partial charge in [-0.2, -0.15) is 0 Å². The smallest absolute Gasteiger partial charge is 0.141 e. The molecule has 0 heterocycles. The summed E-state index contributed by atoms with van der Waals surface area (Å²) in [7, 11) is 0. The summed E-state index contributed by atoms with van der Waals surface area (Å²) in [5.41, 5.74) is 0. The number of benzene rings is 1. The Hall–Kier alpha value is -1.09. The fourth-order valence-corrected chi connectivity index (χ4v) is 2.40. The summed E-state index contributed by atoms with van der Waals surface area (Å²) in [6, 6.07) is 9.78. The Morgan fingerprint density at radius 1 is 1.13 bits per heavy atom. The van der Waals surface area contributed by atoms with Gasteiger partial charge in [0.15, 0.2) is 0 Å². The molecule has 0 aliphatic heterocycles. The second kappa shape index (κ2) is 5.71. The number of Topliss-reactive ketones (excluding diaryl/α,β-unsaturated/α-hetero) is 2. The highest BCUT2D eigenvalue weighted by atomic mass is 32.2. The predicted octanol–water partition coefficient (Wildman–Crippen LogP) is 2.57. The molecular weight excluding hydrogens is 208 g/mol. The number of carbonyl (C=O) groups is 2. The fraction of sp³-hybridized carbons (Fsp3) is 0.333. The lowest BCUT2D eigenvalue weighted by atomic mass is 10.0. The van der Waals surface area contributed by atoms with Crippen LogP contribution in [-0.2, 0) is 9.59 Å². The molecule has 80 valence electrons. The predicted molar refractivity (Wildman–Crippen MR) is 62.0 cm³/mol. The Bertz CT molecular complexity index is 332. The van der Waals surface area contributed by atoms with E-state index in [4.69, 9.17) is 0 Å². The number of carbonyl (C=O) groups excluding carboxylic acids is 2. The van der Waals surface area contributed by atoms with E-state index < -0.39 is 5.92 Å². The van der Waals surface area contributed by atoms with Crippen molar-refractivity contribution >= 4 is 23.3 Å². The first-order valence-electron chi connectivity index (χ1n) is 4.80. The Morgan fingerprint density at radius 3 is 2.13 bits per heavy atom. The minimum absolute atomic E-state index is 0.0501. The van der Waals surface area contributed by atoms with Gasteiger partial charge in [0.2, 0.25) is 0 Å². The minimum Gasteiger partial charge on any atom is -0.299 e. The first-order valence-corrected chi connectivity index (χ1v) is 5.78. The number of ketones is 2. The van der Waals surface area contributed by atoms with Gasteiger partial charge in [-0.15, -0.1) is 11.8 Å². The standard InChI is InChI=1S/C12H14O2S/c1-9(13)12(10(2)14)8-15-11-6-4-3-5-7-11/h3-7,12H,8H2,1-2H3. The highest BCUT2D eigenvalue weighted by Crippen LogP contribution is 2.20. The minimum atomic E-state index is -0.463. The van der Waals surface area contributed by atoms with Gasteiger partial charge >= 0.3 is 0 Å². The van der Waals surface area contributed by atoms with Gasteiger partial charge in [0.1, 0.15) is 11.6 Å². The van der Waals surface area contributed by atoms with Gasteiger partial charge in [-0.25, -0.2) is 0 Å². The van der Waals surface area contributed by atoms with Crippen LogP contribution in [-0.4, -0.2) is 17.3 Å². The van der Waals surface area contributed by atoms with Gasteiger partial charge in [0, 0.05) is 10.6 Å². The van der Waals surface area contributed by atoms with Crippen molar-refractivity contribution in [3.63, 3.8) is 0 Å². The van der Waals surface area contributed by atoms with E-state index >= 15 is 0 Å². The van der Waals surface area contributed by atoms with Gasteiger partial charge in [0.25, 0.3) is 0 Å². The lowest BCUT2D eigenvalue weighted by molar-refractivity contribution is -0.129. The van der Waals surface area contributed by atoms with E-state index in [9.17, 15) is 9.59 Å². The van der Waals surface area contributed by atoms with Crippen molar-refractivity contribution in [2.45, 2.75) is 18.7 Å². The van der Waals surface area contributed by atoms with E-state index in [1.54, 1.807) is 11.8 Å². The number of hydrogen-bond acceptors (Lipinski definition) is 3. The quantitative estimate of drug-likeness (QED) is 0.567. The maximum atomic E-state index is 11.2. The largest absolute Gasteiger partial charge is 0.299 e. The summed E-state index contributed by atoms with van der Waals surface area (Å²) in [5, 5.41) is 0. The Balaban J connectivity index is 2.55. The molecule has 0 aliphatic rings. The van der Waals surface area contributed by atoms with Crippen LogP contribution in [0.4, 0.5) is 0 Å². The van der Waals surface area contributed by atoms with Crippen LogP contribution in [0.1, 0.15) is 13.8 Å². The molecule has 2 nitrogen and oxygen atoms in total. The van der Waals surface area contributed by atoms with E-state index in [0.717, 1.165) is 4.90 Å². The summed E-state index contributed by atoms with van der Waals surface area (Å²) >= 11 is 1.54. The first kappa shape index (κ1) is 12.0. The third-order valence-electron chi connectivity index (χ3n) is 2.14. The molecule has 0 saturated carbocycles. The zero-order valence-corrected chi connectivity index (χ0v) is 9.71. The van der Waals surface area contributed by atoms with E-state index in [-0.39, 0.29) is 11.6 Å². The highest BCUT2D eigenvalue weighted by molar-refractivity contribution is 7.99. The fourth-order valence-electron chi connectivity index (χ4n) is 1.22. The SMILES string of the molecule is CC(=O)C(CSc1ccccc1)C(C)=O. The molecule has 0 spiro atoms. The van der Waals surface area contributed by atoms with Crippen molar-refractivity contribution in [2.24, 2.45) is 5.92 Å². The van der Waals surface area contributed by atoms with E-state index in [1.165, 1.54) is 13.8 Å². The molecule has 0 radical (unpaired) electrons. The van der Waals surface area contributed by atoms with Crippen LogP contribution in [0.3, 0.4) is 0 Å². The van der Waals surface area contributed by atoms with Crippen LogP contribution in [0.2, 0.25) is 0 Å². The molecule has 0 aromatic heterocycles. The first-order chi connectivity index (χ1) is 7.11. The second-order valence-electron chi connectivity index (χ2n) is 3.40. The molecular formula is C12H14O2S. The molecule has 0 fully saturated rings. The van der Waals surface area contributed by atoms with Crippen molar-refractivity contribution in [1.29, 1.82) is 0 Å². The van der Waals surface area contributed by atoms with Gasteiger partial charge in [-0.05, 0) is 26.0 Å². The maximum absolute atomic E-state index is 11.2. The van der Waals surface area contributed by atoms with Crippen LogP contribution in [0.25, 0.3) is 0 Å². The summed E-state index contributed by atoms with van der Waals surface area (Å²) < 4.78 is 0. The molecule has 0 unspecified atom stereocenters. The van der Waals surface area contributed by atoms with Crippen molar-refractivity contribution in [2.75, 3.05) is 5.75 Å². The summed E-state index contributed by atoms with van der Waals surface area (Å²) in [6.45, 7) is 2.94. The van der Waals surface area contributed by atoms with Crippen molar-refractivity contribution in [3.8, 4) is 0 Å². The van der Waals surface area contributed by atoms with Crippen molar-refractivity contribution in [3.05, 3.63) is 30.3 Å². The Labute approximate surface area is 94.1 Å². The van der Waals surface area contributed by atoms with Crippen LogP contribution in [0.5, 0.6) is 0 Å². The van der Waals surface area contributed by atoms with Gasteiger partial charge in [-0.1, -0.05) is 18.2 Å².